The lowest BCUT2D eigenvalue weighted by Crippen LogP contribution is -2.46. The van der Waals surface area contributed by atoms with Crippen molar-refractivity contribution in [3.63, 3.8) is 0 Å². The number of anilines is 1. The quantitative estimate of drug-likeness (QED) is 0.386. The van der Waals surface area contributed by atoms with E-state index in [9.17, 15) is 4.79 Å². The van der Waals surface area contributed by atoms with Gasteiger partial charge in [-0.1, -0.05) is 58.7 Å². The fourth-order valence-corrected chi connectivity index (χ4v) is 4.33. The van der Waals surface area contributed by atoms with Gasteiger partial charge in [-0.05, 0) is 56.7 Å². The molecule has 35 heavy (non-hydrogen) atoms. The van der Waals surface area contributed by atoms with Crippen molar-refractivity contribution < 1.29 is 14.1 Å². The molecule has 0 saturated heterocycles. The zero-order valence-electron chi connectivity index (χ0n) is 20.1. The van der Waals surface area contributed by atoms with E-state index >= 15 is 0 Å². The van der Waals surface area contributed by atoms with Crippen LogP contribution in [-0.4, -0.2) is 23.3 Å². The molecule has 1 aliphatic heterocycles. The SMILES string of the molecule is COc1cccc(C2NC(=O)N(c3ccc(C)cc3)C(C)=C2c2nc(-c3cccc(C)c3)no2)c1. The van der Waals surface area contributed by atoms with Gasteiger partial charge in [0, 0.05) is 11.3 Å². The van der Waals surface area contributed by atoms with Gasteiger partial charge in [-0.3, -0.25) is 4.90 Å². The van der Waals surface area contributed by atoms with Gasteiger partial charge in [0.1, 0.15) is 5.75 Å². The number of urea groups is 1. The molecule has 1 atom stereocenters. The Morgan fingerprint density at radius 1 is 0.943 bits per heavy atom. The number of nitrogens with one attached hydrogen (secondary N) is 1. The highest BCUT2D eigenvalue weighted by molar-refractivity contribution is 6.01. The van der Waals surface area contributed by atoms with E-state index in [2.05, 4.69) is 10.5 Å². The number of amides is 2. The molecule has 4 aromatic rings. The molecule has 1 aromatic heterocycles. The Bertz CT molecular complexity index is 1420. The lowest BCUT2D eigenvalue weighted by atomic mass is 9.94. The van der Waals surface area contributed by atoms with Crippen LogP contribution in [0.25, 0.3) is 17.0 Å². The lowest BCUT2D eigenvalue weighted by molar-refractivity contribution is 0.244. The van der Waals surface area contributed by atoms with Crippen molar-refractivity contribution in [3.05, 3.63) is 101 Å². The third kappa shape index (κ3) is 4.28. The predicted octanol–water partition coefficient (Wildman–Crippen LogP) is 6.06. The monoisotopic (exact) mass is 466 g/mol. The summed E-state index contributed by atoms with van der Waals surface area (Å²) in [4.78, 5) is 19.7. The fraction of sp³-hybridized carbons (Fsp3) is 0.179. The number of carbonyl (C=O) groups excluding carboxylic acids is 1. The van der Waals surface area contributed by atoms with Crippen molar-refractivity contribution in [3.8, 4) is 17.1 Å². The second kappa shape index (κ2) is 9.10. The smallest absolute Gasteiger partial charge is 0.326 e. The first-order valence-corrected chi connectivity index (χ1v) is 11.4. The van der Waals surface area contributed by atoms with Gasteiger partial charge in [-0.15, -0.1) is 0 Å². The summed E-state index contributed by atoms with van der Waals surface area (Å²) in [6, 6.07) is 22.6. The van der Waals surface area contributed by atoms with E-state index < -0.39 is 6.04 Å². The number of methoxy groups -OCH3 is 1. The summed E-state index contributed by atoms with van der Waals surface area (Å²) in [6.45, 7) is 5.93. The Labute approximate surface area is 204 Å². The number of benzene rings is 3. The Morgan fingerprint density at radius 2 is 1.71 bits per heavy atom. The number of rotatable bonds is 5. The highest BCUT2D eigenvalue weighted by atomic mass is 16.5. The van der Waals surface area contributed by atoms with Gasteiger partial charge >= 0.3 is 6.03 Å². The first-order valence-electron chi connectivity index (χ1n) is 11.4. The summed E-state index contributed by atoms with van der Waals surface area (Å²) >= 11 is 0. The summed E-state index contributed by atoms with van der Waals surface area (Å²) in [7, 11) is 1.62. The number of ether oxygens (including phenoxy) is 1. The maximum Gasteiger partial charge on any atom is 0.326 e. The van der Waals surface area contributed by atoms with E-state index in [0.29, 0.717) is 23.2 Å². The normalized spacial score (nSPS) is 15.8. The molecule has 7 nitrogen and oxygen atoms in total. The van der Waals surface area contributed by atoms with Gasteiger partial charge in [0.2, 0.25) is 5.82 Å². The molecule has 0 spiro atoms. The molecule has 0 saturated carbocycles. The second-order valence-electron chi connectivity index (χ2n) is 8.62. The van der Waals surface area contributed by atoms with Gasteiger partial charge in [-0.2, -0.15) is 4.98 Å². The molecule has 3 aromatic carbocycles. The summed E-state index contributed by atoms with van der Waals surface area (Å²) in [5.74, 6) is 1.54. The van der Waals surface area contributed by atoms with Crippen LogP contribution in [0.4, 0.5) is 10.5 Å². The zero-order chi connectivity index (χ0) is 24.5. The largest absolute Gasteiger partial charge is 0.497 e. The van der Waals surface area contributed by atoms with Crippen molar-refractivity contribution in [2.75, 3.05) is 12.0 Å². The average molecular weight is 467 g/mol. The first-order chi connectivity index (χ1) is 16.9. The Morgan fingerprint density at radius 3 is 2.46 bits per heavy atom. The topological polar surface area (TPSA) is 80.5 Å². The standard InChI is InChI=1S/C28H26N4O3/c1-17-11-13-22(14-12-17)32-19(3)24(25(29-28(32)33)20-8-6-10-23(16-20)34-4)27-30-26(31-35-27)21-9-5-7-18(2)15-21/h5-16,25H,1-4H3,(H,29,33). The molecule has 0 radical (unpaired) electrons. The molecule has 176 valence electrons. The molecule has 5 rings (SSSR count). The van der Waals surface area contributed by atoms with Crippen LogP contribution in [0.2, 0.25) is 0 Å². The minimum atomic E-state index is -0.495. The zero-order valence-corrected chi connectivity index (χ0v) is 20.1. The van der Waals surface area contributed by atoms with Crippen LogP contribution in [0, 0.1) is 13.8 Å². The van der Waals surface area contributed by atoms with E-state index in [0.717, 1.165) is 33.5 Å². The molecule has 7 heteroatoms. The maximum atomic E-state index is 13.4. The van der Waals surface area contributed by atoms with E-state index in [4.69, 9.17) is 14.2 Å². The highest BCUT2D eigenvalue weighted by Gasteiger charge is 2.36. The van der Waals surface area contributed by atoms with Gasteiger partial charge < -0.3 is 14.6 Å². The molecule has 2 amide bonds. The van der Waals surface area contributed by atoms with Crippen LogP contribution in [0.5, 0.6) is 5.75 Å². The highest BCUT2D eigenvalue weighted by Crippen LogP contribution is 2.39. The molecule has 1 unspecified atom stereocenters. The first kappa shape index (κ1) is 22.4. The van der Waals surface area contributed by atoms with Crippen molar-refractivity contribution in [2.45, 2.75) is 26.8 Å². The van der Waals surface area contributed by atoms with Crippen molar-refractivity contribution >= 4 is 17.3 Å². The average Bonchev–Trinajstić information content (AvgIpc) is 3.35. The minimum absolute atomic E-state index is 0.235. The fourth-order valence-electron chi connectivity index (χ4n) is 4.33. The van der Waals surface area contributed by atoms with Crippen LogP contribution >= 0.6 is 0 Å². The molecule has 1 aliphatic rings. The number of aryl methyl sites for hydroxylation is 2. The number of hydrogen-bond donors (Lipinski definition) is 1. The van der Waals surface area contributed by atoms with Crippen molar-refractivity contribution in [1.29, 1.82) is 0 Å². The van der Waals surface area contributed by atoms with Crippen LogP contribution in [0.1, 0.15) is 35.5 Å². The Kier molecular flexibility index (Phi) is 5.82. The molecule has 1 N–H and O–H groups in total. The van der Waals surface area contributed by atoms with Gasteiger partial charge in [0.25, 0.3) is 5.89 Å². The second-order valence-corrected chi connectivity index (χ2v) is 8.62. The van der Waals surface area contributed by atoms with Crippen LogP contribution < -0.4 is 15.0 Å². The van der Waals surface area contributed by atoms with Gasteiger partial charge in [0.05, 0.1) is 24.4 Å². The van der Waals surface area contributed by atoms with Crippen LogP contribution in [-0.2, 0) is 0 Å². The summed E-state index contributed by atoms with van der Waals surface area (Å²) in [5.41, 5.74) is 6.13. The number of aromatic nitrogens is 2. The van der Waals surface area contributed by atoms with Gasteiger partial charge in [0.15, 0.2) is 0 Å². The number of carbonyl (C=O) groups is 1. The number of allylic oxidation sites excluding steroid dienone is 1. The van der Waals surface area contributed by atoms with Crippen molar-refractivity contribution in [1.82, 2.24) is 15.5 Å². The Balaban J connectivity index is 1.66. The molecule has 0 aliphatic carbocycles. The third-order valence-corrected chi connectivity index (χ3v) is 6.14. The van der Waals surface area contributed by atoms with Crippen LogP contribution in [0.15, 0.2) is 83.0 Å². The van der Waals surface area contributed by atoms with E-state index in [1.165, 1.54) is 0 Å². The van der Waals surface area contributed by atoms with Crippen molar-refractivity contribution in [2.24, 2.45) is 0 Å². The molecule has 2 heterocycles. The molecular formula is C28H26N4O3. The summed E-state index contributed by atoms with van der Waals surface area (Å²) in [5, 5.41) is 7.38. The molecule has 0 fully saturated rings. The third-order valence-electron chi connectivity index (χ3n) is 6.14. The maximum absolute atomic E-state index is 13.4. The minimum Gasteiger partial charge on any atom is -0.497 e. The molecule has 0 bridgehead atoms. The summed E-state index contributed by atoms with van der Waals surface area (Å²) < 4.78 is 11.2. The van der Waals surface area contributed by atoms with Crippen LogP contribution in [0.3, 0.4) is 0 Å². The predicted molar refractivity (Wildman–Crippen MR) is 135 cm³/mol. The summed E-state index contributed by atoms with van der Waals surface area (Å²) in [6.07, 6.45) is 0. The van der Waals surface area contributed by atoms with E-state index in [1.807, 2.05) is 93.6 Å². The number of hydrogen-bond acceptors (Lipinski definition) is 5. The molecular weight excluding hydrogens is 440 g/mol. The Hall–Kier alpha value is -4.39. The lowest BCUT2D eigenvalue weighted by Gasteiger charge is -2.35. The van der Waals surface area contributed by atoms with E-state index in [-0.39, 0.29) is 6.03 Å². The van der Waals surface area contributed by atoms with E-state index in [1.54, 1.807) is 12.0 Å². The number of nitrogens with zero attached hydrogens (tertiary/aromatic N) is 3. The van der Waals surface area contributed by atoms with Gasteiger partial charge in [-0.25, -0.2) is 4.79 Å².